The number of aliphatic hydroxyl groups excluding tert-OH is 1. The first kappa shape index (κ1) is 21.7. The number of amides is 1. The number of carbonyl (C=O) groups excluding carboxylic acids is 2. The molecule has 1 saturated carbocycles. The highest BCUT2D eigenvalue weighted by molar-refractivity contribution is 6.15. The van der Waals surface area contributed by atoms with Gasteiger partial charge in [-0.15, -0.1) is 0 Å². The Morgan fingerprint density at radius 2 is 2.03 bits per heavy atom. The molecular weight excluding hydrogens is 394 g/mol. The zero-order valence-electron chi connectivity index (χ0n) is 17.0. The summed E-state index contributed by atoms with van der Waals surface area (Å²) in [4.78, 5) is 29.4. The molecule has 30 heavy (non-hydrogen) atoms. The van der Waals surface area contributed by atoms with Crippen molar-refractivity contribution in [3.63, 3.8) is 0 Å². The monoisotopic (exact) mass is 418 g/mol. The molecule has 2 aliphatic rings. The van der Waals surface area contributed by atoms with Crippen LogP contribution in [0.3, 0.4) is 0 Å². The number of benzene rings is 1. The Morgan fingerprint density at radius 3 is 2.60 bits per heavy atom. The van der Waals surface area contributed by atoms with E-state index in [0.29, 0.717) is 25.1 Å². The lowest BCUT2D eigenvalue weighted by Gasteiger charge is -2.25. The number of nitrogens with zero attached hydrogens (tertiary/aromatic N) is 2. The Labute approximate surface area is 173 Å². The van der Waals surface area contributed by atoms with Gasteiger partial charge in [0.25, 0.3) is 0 Å². The summed E-state index contributed by atoms with van der Waals surface area (Å²) < 4.78 is 34.5. The molecule has 0 bridgehead atoms. The number of rotatable bonds is 6. The number of esters is 1. The van der Waals surface area contributed by atoms with E-state index in [1.807, 2.05) is 0 Å². The van der Waals surface area contributed by atoms with Crippen molar-refractivity contribution in [2.24, 2.45) is 4.99 Å². The number of carbonyl (C=O) groups is 2. The van der Waals surface area contributed by atoms with Gasteiger partial charge in [-0.3, -0.25) is 9.79 Å². The van der Waals surface area contributed by atoms with E-state index >= 15 is 0 Å². The van der Waals surface area contributed by atoms with Crippen molar-refractivity contribution < 1.29 is 28.2 Å². The van der Waals surface area contributed by atoms with Crippen LogP contribution in [0.2, 0.25) is 0 Å². The van der Waals surface area contributed by atoms with E-state index in [-0.39, 0.29) is 29.7 Å². The van der Waals surface area contributed by atoms with Crippen LogP contribution in [0.25, 0.3) is 11.3 Å². The maximum absolute atomic E-state index is 14.8. The van der Waals surface area contributed by atoms with Gasteiger partial charge in [-0.1, -0.05) is 6.08 Å². The lowest BCUT2D eigenvalue weighted by Crippen LogP contribution is -2.32. The Balaban J connectivity index is 1.95. The molecule has 1 amide bonds. The molecule has 1 aromatic rings. The Morgan fingerprint density at radius 1 is 1.30 bits per heavy atom. The highest BCUT2D eigenvalue weighted by Gasteiger charge is 2.25. The van der Waals surface area contributed by atoms with Gasteiger partial charge in [-0.25, -0.2) is 13.6 Å². The van der Waals surface area contributed by atoms with Crippen molar-refractivity contribution >= 4 is 29.4 Å². The Hall–Kier alpha value is -3.03. The average Bonchev–Trinajstić information content (AvgIpc) is 3.54. The molecular formula is C22H24F2N2O4. The number of aliphatic hydroxyl groups is 1. The van der Waals surface area contributed by atoms with Crippen LogP contribution in [0.4, 0.5) is 8.78 Å². The van der Waals surface area contributed by atoms with Crippen molar-refractivity contribution in [2.45, 2.75) is 39.2 Å². The maximum atomic E-state index is 14.8. The summed E-state index contributed by atoms with van der Waals surface area (Å²) in [5.41, 5.74) is -0.108. The van der Waals surface area contributed by atoms with E-state index in [0.717, 1.165) is 31.2 Å². The molecule has 0 aromatic heterocycles. The van der Waals surface area contributed by atoms with Gasteiger partial charge < -0.3 is 14.7 Å². The smallest absolute Gasteiger partial charge is 0.343 e. The van der Waals surface area contributed by atoms with Crippen LogP contribution in [0.1, 0.15) is 44.2 Å². The lowest BCUT2D eigenvalue weighted by molar-refractivity contribution is -0.137. The largest absolute Gasteiger partial charge is 0.506 e. The second-order valence-electron chi connectivity index (χ2n) is 7.25. The first-order chi connectivity index (χ1) is 14.3. The normalized spacial score (nSPS) is 17.6. The fourth-order valence-electron chi connectivity index (χ4n) is 3.14. The minimum absolute atomic E-state index is 0.0636. The second kappa shape index (κ2) is 9.19. The van der Waals surface area contributed by atoms with Gasteiger partial charge >= 0.3 is 5.97 Å². The maximum Gasteiger partial charge on any atom is 0.343 e. The molecule has 1 heterocycles. The number of hydrogen-bond acceptors (Lipinski definition) is 5. The van der Waals surface area contributed by atoms with Gasteiger partial charge in [0.2, 0.25) is 5.91 Å². The highest BCUT2D eigenvalue weighted by atomic mass is 19.1. The van der Waals surface area contributed by atoms with Gasteiger partial charge in [0.1, 0.15) is 23.0 Å². The predicted octanol–water partition coefficient (Wildman–Crippen LogP) is 3.67. The fourth-order valence-corrected chi connectivity index (χ4v) is 3.14. The van der Waals surface area contributed by atoms with E-state index in [9.17, 15) is 23.5 Å². The van der Waals surface area contributed by atoms with Crippen LogP contribution in [0, 0.1) is 11.6 Å². The summed E-state index contributed by atoms with van der Waals surface area (Å²) in [6.07, 6.45) is 4.99. The molecule has 6 nitrogen and oxygen atoms in total. The summed E-state index contributed by atoms with van der Waals surface area (Å²) in [5, 5.41) is 10.5. The van der Waals surface area contributed by atoms with E-state index in [2.05, 4.69) is 4.99 Å². The van der Waals surface area contributed by atoms with Gasteiger partial charge in [-0.05, 0) is 43.9 Å². The van der Waals surface area contributed by atoms with Gasteiger partial charge in [0.05, 0.1) is 18.2 Å². The SMILES string of the molecule is CCOC(=O)/C(C=NC1CC1)=C(/O)c1cc(F)c(C2=CCN(C(C)=O)CC2)cc1F. The van der Waals surface area contributed by atoms with Crippen LogP contribution in [-0.2, 0) is 14.3 Å². The van der Waals surface area contributed by atoms with E-state index < -0.39 is 28.9 Å². The molecule has 1 fully saturated rings. The molecule has 0 saturated heterocycles. The zero-order valence-corrected chi connectivity index (χ0v) is 17.0. The standard InChI is InChI=1S/C22H24F2N2O4/c1-3-30-22(29)18(12-25-15-4-5-15)21(28)17-11-19(23)16(10-20(17)24)14-6-8-26(9-7-14)13(2)27/h6,10-12,15,28H,3-5,7-9H2,1-2H3/b21-18+,25-12?. The van der Waals surface area contributed by atoms with Gasteiger partial charge in [0.15, 0.2) is 0 Å². The topological polar surface area (TPSA) is 79.2 Å². The third-order valence-corrected chi connectivity index (χ3v) is 5.02. The molecule has 0 unspecified atom stereocenters. The van der Waals surface area contributed by atoms with E-state index in [1.165, 1.54) is 6.92 Å². The number of hydrogen-bond donors (Lipinski definition) is 1. The molecule has 160 valence electrons. The van der Waals surface area contributed by atoms with Crippen molar-refractivity contribution in [1.29, 1.82) is 0 Å². The van der Waals surface area contributed by atoms with Crippen LogP contribution >= 0.6 is 0 Å². The van der Waals surface area contributed by atoms with Crippen LogP contribution in [-0.4, -0.2) is 53.8 Å². The van der Waals surface area contributed by atoms with E-state index in [1.54, 1.807) is 17.9 Å². The number of ether oxygens (including phenoxy) is 1. The first-order valence-electron chi connectivity index (χ1n) is 9.89. The van der Waals surface area contributed by atoms with Crippen molar-refractivity contribution in [2.75, 3.05) is 19.7 Å². The van der Waals surface area contributed by atoms with E-state index in [4.69, 9.17) is 4.74 Å². The third-order valence-electron chi connectivity index (χ3n) is 5.02. The zero-order chi connectivity index (χ0) is 21.8. The van der Waals surface area contributed by atoms with Crippen molar-refractivity contribution in [1.82, 2.24) is 4.90 Å². The minimum Gasteiger partial charge on any atom is -0.506 e. The van der Waals surface area contributed by atoms with Gasteiger partial charge in [0, 0.05) is 31.8 Å². The molecule has 3 rings (SSSR count). The summed E-state index contributed by atoms with van der Waals surface area (Å²) in [7, 11) is 0. The highest BCUT2D eigenvalue weighted by Crippen LogP contribution is 2.30. The predicted molar refractivity (Wildman–Crippen MR) is 109 cm³/mol. The summed E-state index contributed by atoms with van der Waals surface area (Å²) in [6.45, 7) is 3.86. The van der Waals surface area contributed by atoms with Crippen LogP contribution in [0.5, 0.6) is 0 Å². The minimum atomic E-state index is -0.875. The Kier molecular flexibility index (Phi) is 6.64. The fraction of sp³-hybridized carbons (Fsp3) is 0.409. The van der Waals surface area contributed by atoms with Crippen molar-refractivity contribution in [3.05, 3.63) is 46.5 Å². The first-order valence-corrected chi connectivity index (χ1v) is 9.89. The quantitative estimate of drug-likeness (QED) is 0.331. The van der Waals surface area contributed by atoms with Crippen molar-refractivity contribution in [3.8, 4) is 0 Å². The summed E-state index contributed by atoms with van der Waals surface area (Å²) in [6, 6.07) is 1.93. The molecule has 0 atom stereocenters. The Bertz CT molecular complexity index is 949. The number of halogens is 2. The summed E-state index contributed by atoms with van der Waals surface area (Å²) >= 11 is 0. The molecule has 0 spiro atoms. The molecule has 0 radical (unpaired) electrons. The lowest BCUT2D eigenvalue weighted by atomic mass is 9.96. The molecule has 1 aromatic carbocycles. The molecule has 8 heteroatoms. The van der Waals surface area contributed by atoms with Crippen LogP contribution < -0.4 is 0 Å². The van der Waals surface area contributed by atoms with Gasteiger partial charge in [-0.2, -0.15) is 0 Å². The van der Waals surface area contributed by atoms with Crippen LogP contribution in [0.15, 0.2) is 28.8 Å². The second-order valence-corrected chi connectivity index (χ2v) is 7.25. The molecule has 1 aliphatic heterocycles. The summed E-state index contributed by atoms with van der Waals surface area (Å²) in [5.74, 6) is -3.27. The molecule has 1 N–H and O–H groups in total. The molecule has 1 aliphatic carbocycles. The third kappa shape index (κ3) is 4.93. The number of aliphatic imine (C=N–C) groups is 1. The average molecular weight is 418 g/mol.